The molecule has 1 aromatic carbocycles. The van der Waals surface area contributed by atoms with Crippen molar-refractivity contribution in [1.29, 1.82) is 0 Å². The summed E-state index contributed by atoms with van der Waals surface area (Å²) in [5.74, 6) is 0.237. The third kappa shape index (κ3) is 3.22. The molecule has 1 N–H and O–H groups in total. The third-order valence-corrected chi connectivity index (χ3v) is 2.66. The Morgan fingerprint density at radius 2 is 1.94 bits per heavy atom. The van der Waals surface area contributed by atoms with Crippen LogP contribution in [0.4, 0.5) is 13.2 Å². The predicted molar refractivity (Wildman–Crippen MR) is 58.4 cm³/mol. The van der Waals surface area contributed by atoms with Gasteiger partial charge in [0.25, 0.3) is 0 Å². The summed E-state index contributed by atoms with van der Waals surface area (Å²) in [6.07, 6.45) is -3.86. The molecule has 1 fully saturated rings. The van der Waals surface area contributed by atoms with Gasteiger partial charge in [-0.1, -0.05) is 12.1 Å². The zero-order valence-corrected chi connectivity index (χ0v) is 9.46. The molecular weight excluding hydrogens is 247 g/mol. The number of halogens is 3. The van der Waals surface area contributed by atoms with Gasteiger partial charge in [0.1, 0.15) is 5.75 Å². The molecule has 0 spiro atoms. The zero-order chi connectivity index (χ0) is 13.2. The Morgan fingerprint density at radius 3 is 2.44 bits per heavy atom. The van der Waals surface area contributed by atoms with Gasteiger partial charge in [-0.15, -0.1) is 0 Å². The number of hydrogen-bond donors (Lipinski definition) is 1. The molecule has 1 heterocycles. The van der Waals surface area contributed by atoms with Crippen LogP contribution in [0.2, 0.25) is 0 Å². The second-order valence-corrected chi connectivity index (χ2v) is 4.08. The first-order chi connectivity index (χ1) is 8.46. The molecule has 0 radical (unpaired) electrons. The van der Waals surface area contributed by atoms with Crippen molar-refractivity contribution < 1.29 is 22.7 Å². The molecule has 1 atom stereocenters. The summed E-state index contributed by atoms with van der Waals surface area (Å²) < 4.78 is 40.4. The molecule has 0 saturated carbocycles. The van der Waals surface area contributed by atoms with Crippen LogP contribution in [0.15, 0.2) is 24.3 Å². The number of rotatable bonds is 3. The minimum Gasteiger partial charge on any atom is -0.484 e. The lowest BCUT2D eigenvalue weighted by atomic mass is 10.0. The molecule has 98 valence electrons. The lowest BCUT2D eigenvalue weighted by Crippen LogP contribution is -2.19. The number of Topliss-reactive ketones (excluding diaryl/α,β-unsaturated/α-hetero) is 1. The number of carbonyl (C=O) groups excluding carboxylic acids is 1. The molecule has 0 amide bonds. The van der Waals surface area contributed by atoms with E-state index in [-0.39, 0.29) is 17.6 Å². The maximum absolute atomic E-state index is 11.9. The fraction of sp³-hybridized carbons (Fsp3) is 0.417. The molecule has 3 nitrogen and oxygen atoms in total. The quantitative estimate of drug-likeness (QED) is 0.904. The first kappa shape index (κ1) is 12.9. The van der Waals surface area contributed by atoms with Gasteiger partial charge in [-0.05, 0) is 17.7 Å². The van der Waals surface area contributed by atoms with E-state index in [2.05, 4.69) is 10.1 Å². The van der Waals surface area contributed by atoms with Crippen LogP contribution in [-0.2, 0) is 4.79 Å². The second-order valence-electron chi connectivity index (χ2n) is 4.08. The van der Waals surface area contributed by atoms with Gasteiger partial charge in [-0.2, -0.15) is 13.2 Å². The van der Waals surface area contributed by atoms with Crippen molar-refractivity contribution in [2.45, 2.75) is 18.6 Å². The first-order valence-electron chi connectivity index (χ1n) is 5.51. The summed E-state index contributed by atoms with van der Waals surface area (Å²) in [6.45, 7) is -0.678. The van der Waals surface area contributed by atoms with E-state index in [1.807, 2.05) is 0 Å². The molecule has 0 aromatic heterocycles. The molecule has 0 bridgehead atoms. The van der Waals surface area contributed by atoms with Crippen LogP contribution in [0.25, 0.3) is 0 Å². The molecule has 1 saturated heterocycles. The average molecular weight is 259 g/mol. The number of ether oxygens (including phenoxy) is 1. The van der Waals surface area contributed by atoms with Gasteiger partial charge in [0.2, 0.25) is 0 Å². The van der Waals surface area contributed by atoms with Gasteiger partial charge >= 0.3 is 6.18 Å². The predicted octanol–water partition coefficient (Wildman–Crippen LogP) is 2.23. The molecule has 1 aliphatic rings. The summed E-state index contributed by atoms with van der Waals surface area (Å²) in [7, 11) is 0. The standard InChI is InChI=1S/C12H12F3NO2/c13-12(14,15)7-18-9-3-1-8(2-4-9)11-10(17)5-6-16-11/h1-4,11,16H,5-7H2/t11-/m1/s1. The summed E-state index contributed by atoms with van der Waals surface area (Å²) in [5.41, 5.74) is 0.747. The van der Waals surface area contributed by atoms with Crippen LogP contribution < -0.4 is 10.1 Å². The number of carbonyl (C=O) groups is 1. The Bertz CT molecular complexity index is 428. The van der Waals surface area contributed by atoms with Gasteiger partial charge in [-0.3, -0.25) is 4.79 Å². The van der Waals surface area contributed by atoms with Crippen molar-refractivity contribution in [3.63, 3.8) is 0 Å². The van der Waals surface area contributed by atoms with E-state index >= 15 is 0 Å². The van der Waals surface area contributed by atoms with Gasteiger partial charge < -0.3 is 10.1 Å². The Morgan fingerprint density at radius 1 is 1.28 bits per heavy atom. The topological polar surface area (TPSA) is 38.3 Å². The summed E-state index contributed by atoms with van der Waals surface area (Å²) in [4.78, 5) is 11.5. The molecule has 18 heavy (non-hydrogen) atoms. The Kier molecular flexibility index (Phi) is 3.56. The summed E-state index contributed by atoms with van der Waals surface area (Å²) in [6, 6.07) is 5.74. The number of nitrogens with one attached hydrogen (secondary N) is 1. The first-order valence-corrected chi connectivity index (χ1v) is 5.51. The highest BCUT2D eigenvalue weighted by Gasteiger charge is 2.28. The van der Waals surface area contributed by atoms with E-state index in [1.54, 1.807) is 12.1 Å². The fourth-order valence-corrected chi connectivity index (χ4v) is 1.82. The van der Waals surface area contributed by atoms with Crippen LogP contribution in [0.3, 0.4) is 0 Å². The van der Waals surface area contributed by atoms with Gasteiger partial charge in [-0.25, -0.2) is 0 Å². The average Bonchev–Trinajstić information content (AvgIpc) is 2.73. The largest absolute Gasteiger partial charge is 0.484 e. The van der Waals surface area contributed by atoms with Crippen LogP contribution in [0.5, 0.6) is 5.75 Å². The normalized spacial score (nSPS) is 20.2. The maximum atomic E-state index is 11.9. The van der Waals surface area contributed by atoms with E-state index in [4.69, 9.17) is 0 Å². The SMILES string of the molecule is O=C1CCN[C@@H]1c1ccc(OCC(F)(F)F)cc1. The fourth-order valence-electron chi connectivity index (χ4n) is 1.82. The number of alkyl halides is 3. The Balaban J connectivity index is 1.99. The highest BCUT2D eigenvalue weighted by molar-refractivity contribution is 5.87. The molecule has 1 aliphatic heterocycles. The molecule has 1 aromatic rings. The van der Waals surface area contributed by atoms with Crippen molar-refractivity contribution in [2.24, 2.45) is 0 Å². The second kappa shape index (κ2) is 4.97. The van der Waals surface area contributed by atoms with Gasteiger partial charge in [0, 0.05) is 13.0 Å². The molecule has 0 aliphatic carbocycles. The van der Waals surface area contributed by atoms with Crippen LogP contribution in [-0.4, -0.2) is 25.1 Å². The van der Waals surface area contributed by atoms with Crippen molar-refractivity contribution in [2.75, 3.05) is 13.2 Å². The van der Waals surface area contributed by atoms with E-state index in [1.165, 1.54) is 12.1 Å². The van der Waals surface area contributed by atoms with Crippen molar-refractivity contribution in [3.8, 4) is 5.75 Å². The third-order valence-electron chi connectivity index (χ3n) is 2.66. The lowest BCUT2D eigenvalue weighted by molar-refractivity contribution is -0.153. The lowest BCUT2D eigenvalue weighted by Gasteiger charge is -2.12. The monoisotopic (exact) mass is 259 g/mol. The van der Waals surface area contributed by atoms with Crippen LogP contribution >= 0.6 is 0 Å². The summed E-state index contributed by atoms with van der Waals surface area (Å²) >= 11 is 0. The molecule has 2 rings (SSSR count). The van der Waals surface area contributed by atoms with Crippen LogP contribution in [0.1, 0.15) is 18.0 Å². The number of hydrogen-bond acceptors (Lipinski definition) is 3. The van der Waals surface area contributed by atoms with E-state index in [9.17, 15) is 18.0 Å². The van der Waals surface area contributed by atoms with Crippen molar-refractivity contribution in [1.82, 2.24) is 5.32 Å². The van der Waals surface area contributed by atoms with Gasteiger partial charge in [0.15, 0.2) is 12.4 Å². The Labute approximate surface area is 102 Å². The van der Waals surface area contributed by atoms with Gasteiger partial charge in [0.05, 0.1) is 6.04 Å². The molecular formula is C12H12F3NO2. The molecule has 6 heteroatoms. The highest BCUT2D eigenvalue weighted by atomic mass is 19.4. The van der Waals surface area contributed by atoms with E-state index in [0.717, 1.165) is 5.56 Å². The number of ketones is 1. The minimum atomic E-state index is -4.35. The maximum Gasteiger partial charge on any atom is 0.422 e. The van der Waals surface area contributed by atoms with E-state index in [0.29, 0.717) is 13.0 Å². The molecule has 0 unspecified atom stereocenters. The highest BCUT2D eigenvalue weighted by Crippen LogP contribution is 2.23. The smallest absolute Gasteiger partial charge is 0.422 e. The van der Waals surface area contributed by atoms with Crippen molar-refractivity contribution in [3.05, 3.63) is 29.8 Å². The number of benzene rings is 1. The summed E-state index contributed by atoms with van der Waals surface area (Å²) in [5, 5.41) is 3.03. The Hall–Kier alpha value is -1.56. The minimum absolute atomic E-state index is 0.0963. The van der Waals surface area contributed by atoms with Crippen LogP contribution in [0, 0.1) is 0 Å². The zero-order valence-electron chi connectivity index (χ0n) is 9.46. The van der Waals surface area contributed by atoms with E-state index < -0.39 is 12.8 Å². The van der Waals surface area contributed by atoms with Crippen molar-refractivity contribution >= 4 is 5.78 Å².